The van der Waals surface area contributed by atoms with Crippen LogP contribution in [-0.2, 0) is 6.54 Å². The normalized spacial score (nSPS) is 10.9. The van der Waals surface area contributed by atoms with Crippen LogP contribution in [-0.4, -0.2) is 33.2 Å². The van der Waals surface area contributed by atoms with Gasteiger partial charge in [-0.15, -0.1) is 0 Å². The number of methoxy groups -OCH3 is 1. The highest BCUT2D eigenvalue weighted by Crippen LogP contribution is 2.24. The van der Waals surface area contributed by atoms with Gasteiger partial charge in [-0.3, -0.25) is 0 Å². The van der Waals surface area contributed by atoms with Crippen molar-refractivity contribution in [2.75, 3.05) is 13.7 Å². The molecule has 3 aromatic rings. The first-order valence-electron chi connectivity index (χ1n) is 6.85. The molecule has 0 aliphatic heterocycles. The molecule has 0 atom stereocenters. The molecule has 0 unspecified atom stereocenters. The Bertz CT molecular complexity index is 786. The van der Waals surface area contributed by atoms with E-state index in [0.29, 0.717) is 24.7 Å². The lowest BCUT2D eigenvalue weighted by Crippen LogP contribution is -2.03. The average molecular weight is 319 g/mol. The van der Waals surface area contributed by atoms with E-state index in [0.717, 1.165) is 16.8 Å². The third-order valence-electron chi connectivity index (χ3n) is 3.21. The molecule has 0 saturated carbocycles. The standard InChI is InChI=1S/C15H15ClN4O2/c1-3-22-14-12-13(18-15(16)19-14)17-9-20(12)8-10-4-6-11(21-2)7-5-10/h4-7,9H,3,8H2,1-2H3. The van der Waals surface area contributed by atoms with Crippen molar-refractivity contribution in [2.24, 2.45) is 0 Å². The third kappa shape index (κ3) is 2.82. The van der Waals surface area contributed by atoms with Gasteiger partial charge in [0.1, 0.15) is 5.75 Å². The Hall–Kier alpha value is -2.34. The molecule has 6 nitrogen and oxygen atoms in total. The van der Waals surface area contributed by atoms with Gasteiger partial charge in [-0.05, 0) is 36.2 Å². The minimum atomic E-state index is 0.130. The summed E-state index contributed by atoms with van der Waals surface area (Å²) in [6, 6.07) is 7.85. The van der Waals surface area contributed by atoms with Gasteiger partial charge >= 0.3 is 0 Å². The number of rotatable bonds is 5. The molecule has 0 aliphatic carbocycles. The second-order valence-electron chi connectivity index (χ2n) is 4.62. The van der Waals surface area contributed by atoms with Crippen molar-refractivity contribution >= 4 is 22.8 Å². The minimum absolute atomic E-state index is 0.130. The molecular formula is C15H15ClN4O2. The summed E-state index contributed by atoms with van der Waals surface area (Å²) in [5.74, 6) is 1.27. The Balaban J connectivity index is 1.99. The molecular weight excluding hydrogens is 304 g/mol. The molecule has 2 aromatic heterocycles. The summed E-state index contributed by atoms with van der Waals surface area (Å²) in [6.45, 7) is 3.02. The number of hydrogen-bond donors (Lipinski definition) is 0. The van der Waals surface area contributed by atoms with Crippen LogP contribution in [0, 0.1) is 0 Å². The Morgan fingerprint density at radius 3 is 2.64 bits per heavy atom. The van der Waals surface area contributed by atoms with Gasteiger partial charge < -0.3 is 14.0 Å². The number of hydrogen-bond acceptors (Lipinski definition) is 5. The summed E-state index contributed by atoms with van der Waals surface area (Å²) in [4.78, 5) is 12.5. The lowest BCUT2D eigenvalue weighted by Gasteiger charge is -2.09. The molecule has 0 N–H and O–H groups in total. The number of nitrogens with zero attached hydrogens (tertiary/aromatic N) is 4. The van der Waals surface area contributed by atoms with E-state index in [-0.39, 0.29) is 5.28 Å². The molecule has 0 aliphatic rings. The van der Waals surface area contributed by atoms with Gasteiger partial charge in [-0.25, -0.2) is 4.98 Å². The van der Waals surface area contributed by atoms with E-state index in [1.807, 2.05) is 35.8 Å². The first kappa shape index (κ1) is 14.6. The maximum atomic E-state index is 5.90. The van der Waals surface area contributed by atoms with Crippen LogP contribution in [0.5, 0.6) is 11.6 Å². The van der Waals surface area contributed by atoms with Gasteiger partial charge in [-0.2, -0.15) is 9.97 Å². The van der Waals surface area contributed by atoms with E-state index in [1.165, 1.54) is 0 Å². The largest absolute Gasteiger partial charge is 0.497 e. The van der Waals surface area contributed by atoms with Crippen molar-refractivity contribution in [3.63, 3.8) is 0 Å². The van der Waals surface area contributed by atoms with Gasteiger partial charge in [0.05, 0.1) is 20.0 Å². The molecule has 1 aromatic carbocycles. The molecule has 114 valence electrons. The van der Waals surface area contributed by atoms with E-state index < -0.39 is 0 Å². The number of fused-ring (bicyclic) bond motifs is 1. The summed E-state index contributed by atoms with van der Waals surface area (Å²) < 4.78 is 12.7. The topological polar surface area (TPSA) is 62.1 Å². The van der Waals surface area contributed by atoms with Crippen LogP contribution in [0.3, 0.4) is 0 Å². The number of benzene rings is 1. The van der Waals surface area contributed by atoms with Crippen molar-refractivity contribution in [1.29, 1.82) is 0 Å². The summed E-state index contributed by atoms with van der Waals surface area (Å²) in [5.41, 5.74) is 2.37. The van der Waals surface area contributed by atoms with E-state index in [1.54, 1.807) is 13.4 Å². The van der Waals surface area contributed by atoms with Gasteiger partial charge in [0.15, 0.2) is 11.2 Å². The molecule has 3 rings (SSSR count). The van der Waals surface area contributed by atoms with Gasteiger partial charge in [0.2, 0.25) is 11.2 Å². The predicted molar refractivity (Wildman–Crippen MR) is 83.6 cm³/mol. The van der Waals surface area contributed by atoms with Crippen molar-refractivity contribution in [1.82, 2.24) is 19.5 Å². The van der Waals surface area contributed by atoms with Crippen molar-refractivity contribution in [3.8, 4) is 11.6 Å². The maximum absolute atomic E-state index is 5.90. The van der Waals surface area contributed by atoms with E-state index in [9.17, 15) is 0 Å². The van der Waals surface area contributed by atoms with Gasteiger partial charge in [0.25, 0.3) is 0 Å². The molecule has 7 heteroatoms. The highest BCUT2D eigenvalue weighted by molar-refractivity contribution is 6.28. The van der Waals surface area contributed by atoms with Crippen LogP contribution in [0.2, 0.25) is 5.28 Å². The first-order valence-corrected chi connectivity index (χ1v) is 7.23. The summed E-state index contributed by atoms with van der Waals surface area (Å²) in [7, 11) is 1.65. The predicted octanol–water partition coefficient (Wildman–Crippen LogP) is 2.94. The summed E-state index contributed by atoms with van der Waals surface area (Å²) in [6.07, 6.45) is 1.71. The van der Waals surface area contributed by atoms with Crippen molar-refractivity contribution < 1.29 is 9.47 Å². The van der Waals surface area contributed by atoms with Crippen LogP contribution in [0.15, 0.2) is 30.6 Å². The molecule has 0 amide bonds. The van der Waals surface area contributed by atoms with E-state index in [4.69, 9.17) is 21.1 Å². The zero-order chi connectivity index (χ0) is 15.5. The quantitative estimate of drug-likeness (QED) is 0.677. The number of aromatic nitrogens is 4. The number of imidazole rings is 1. The van der Waals surface area contributed by atoms with Gasteiger partial charge in [-0.1, -0.05) is 12.1 Å². The monoisotopic (exact) mass is 318 g/mol. The smallest absolute Gasteiger partial charge is 0.244 e. The number of ether oxygens (including phenoxy) is 2. The zero-order valence-corrected chi connectivity index (χ0v) is 13.0. The highest BCUT2D eigenvalue weighted by Gasteiger charge is 2.14. The zero-order valence-electron chi connectivity index (χ0n) is 12.3. The Kier molecular flexibility index (Phi) is 4.11. The molecule has 0 saturated heterocycles. The summed E-state index contributed by atoms with van der Waals surface area (Å²) >= 11 is 5.90. The third-order valence-corrected chi connectivity index (χ3v) is 3.38. The Labute approximate surface area is 132 Å². The van der Waals surface area contributed by atoms with Crippen LogP contribution < -0.4 is 9.47 Å². The molecule has 2 heterocycles. The Morgan fingerprint density at radius 1 is 1.18 bits per heavy atom. The van der Waals surface area contributed by atoms with Gasteiger partial charge in [0, 0.05) is 6.54 Å². The van der Waals surface area contributed by atoms with E-state index >= 15 is 0 Å². The second kappa shape index (κ2) is 6.19. The van der Waals surface area contributed by atoms with Crippen LogP contribution >= 0.6 is 11.6 Å². The fourth-order valence-corrected chi connectivity index (χ4v) is 2.36. The van der Waals surface area contributed by atoms with Crippen molar-refractivity contribution in [3.05, 3.63) is 41.4 Å². The van der Waals surface area contributed by atoms with Crippen LogP contribution in [0.25, 0.3) is 11.2 Å². The maximum Gasteiger partial charge on any atom is 0.244 e. The Morgan fingerprint density at radius 2 is 1.95 bits per heavy atom. The molecule has 0 bridgehead atoms. The number of halogens is 1. The fraction of sp³-hybridized carbons (Fsp3) is 0.267. The highest BCUT2D eigenvalue weighted by atomic mass is 35.5. The molecule has 0 fully saturated rings. The fourth-order valence-electron chi connectivity index (χ4n) is 2.21. The van der Waals surface area contributed by atoms with Crippen LogP contribution in [0.1, 0.15) is 12.5 Å². The summed E-state index contributed by atoms with van der Waals surface area (Å²) in [5, 5.41) is 0.130. The first-order chi connectivity index (χ1) is 10.7. The molecule has 0 radical (unpaired) electrons. The molecule has 22 heavy (non-hydrogen) atoms. The molecule has 0 spiro atoms. The lowest BCUT2D eigenvalue weighted by molar-refractivity contribution is 0.329. The minimum Gasteiger partial charge on any atom is -0.497 e. The second-order valence-corrected chi connectivity index (χ2v) is 4.96. The van der Waals surface area contributed by atoms with Crippen molar-refractivity contribution in [2.45, 2.75) is 13.5 Å². The van der Waals surface area contributed by atoms with E-state index in [2.05, 4.69) is 15.0 Å². The SMILES string of the molecule is CCOc1nc(Cl)nc2ncn(Cc3ccc(OC)cc3)c12. The average Bonchev–Trinajstić information content (AvgIpc) is 2.91. The van der Waals surface area contributed by atoms with Crippen LogP contribution in [0.4, 0.5) is 0 Å². The lowest BCUT2D eigenvalue weighted by atomic mass is 10.2.